The zero-order chi connectivity index (χ0) is 30.2. The largest absolute Gasteiger partial charge is 0.308 e. The highest BCUT2D eigenvalue weighted by atomic mass is 15.1. The molecule has 0 amide bonds. The smallest absolute Gasteiger partial charge is 0.105 e. The molecule has 0 saturated heterocycles. The van der Waals surface area contributed by atoms with E-state index in [1.165, 1.54) is 16.3 Å². The molecule has 212 valence electrons. The van der Waals surface area contributed by atoms with Gasteiger partial charge in [-0.05, 0) is 89.8 Å². The van der Waals surface area contributed by atoms with Crippen LogP contribution in [0.3, 0.4) is 0 Å². The van der Waals surface area contributed by atoms with Gasteiger partial charge in [0.1, 0.15) is 5.69 Å². The molecule has 0 bridgehead atoms. The van der Waals surface area contributed by atoms with Crippen LogP contribution < -0.4 is 4.90 Å². The van der Waals surface area contributed by atoms with Gasteiger partial charge in [-0.3, -0.25) is 19.9 Å². The minimum absolute atomic E-state index is 0.834. The molecule has 0 spiro atoms. The SMILES string of the molecule is c1cc2cc3c(c4c2c(c#1)N(c1ccc(-c2ccccn2)nc1)C=C4)c1ccccc1n3-c1cc2cccnc2c2ncccc12. The summed E-state index contributed by atoms with van der Waals surface area (Å²) in [6, 6.07) is 40.1. The van der Waals surface area contributed by atoms with Gasteiger partial charge in [0.25, 0.3) is 0 Å². The lowest BCUT2D eigenvalue weighted by atomic mass is 9.95. The van der Waals surface area contributed by atoms with Crippen LogP contribution in [0.1, 0.15) is 5.56 Å². The molecule has 0 radical (unpaired) electrons. The molecule has 5 aromatic heterocycles. The first-order chi connectivity index (χ1) is 22.8. The van der Waals surface area contributed by atoms with E-state index in [0.29, 0.717) is 0 Å². The van der Waals surface area contributed by atoms with Crippen LogP contribution in [-0.4, -0.2) is 24.5 Å². The number of benzene rings is 3. The molecule has 6 nitrogen and oxygen atoms in total. The van der Waals surface area contributed by atoms with Gasteiger partial charge in [0, 0.05) is 51.7 Å². The molecule has 1 aliphatic heterocycles. The first-order valence-electron chi connectivity index (χ1n) is 15.1. The quantitative estimate of drug-likeness (QED) is 0.193. The molecule has 6 heterocycles. The van der Waals surface area contributed by atoms with Crippen molar-refractivity contribution in [2.24, 2.45) is 0 Å². The summed E-state index contributed by atoms with van der Waals surface area (Å²) < 4.78 is 2.38. The molecule has 10 rings (SSSR count). The van der Waals surface area contributed by atoms with Crippen LogP contribution in [0.25, 0.3) is 77.5 Å². The van der Waals surface area contributed by atoms with Gasteiger partial charge in [-0.2, -0.15) is 0 Å². The lowest BCUT2D eigenvalue weighted by Gasteiger charge is -2.25. The van der Waals surface area contributed by atoms with Crippen LogP contribution in [0.2, 0.25) is 0 Å². The van der Waals surface area contributed by atoms with E-state index >= 15 is 0 Å². The Morgan fingerprint density at radius 1 is 0.609 bits per heavy atom. The van der Waals surface area contributed by atoms with Gasteiger partial charge in [-0.15, -0.1) is 0 Å². The maximum Gasteiger partial charge on any atom is 0.105 e. The van der Waals surface area contributed by atoms with Gasteiger partial charge in [0.05, 0.1) is 51.0 Å². The van der Waals surface area contributed by atoms with E-state index in [4.69, 9.17) is 15.0 Å². The summed E-state index contributed by atoms with van der Waals surface area (Å²) in [5, 5.41) is 6.74. The molecule has 0 fully saturated rings. The highest BCUT2D eigenvalue weighted by Gasteiger charge is 2.24. The summed E-state index contributed by atoms with van der Waals surface area (Å²) in [6.45, 7) is 0. The van der Waals surface area contributed by atoms with Crippen molar-refractivity contribution in [3.8, 4) is 17.1 Å². The third-order valence-corrected chi connectivity index (χ3v) is 8.95. The number of para-hydroxylation sites is 1. The van der Waals surface area contributed by atoms with Crippen LogP contribution >= 0.6 is 0 Å². The van der Waals surface area contributed by atoms with Crippen LogP contribution in [0.5, 0.6) is 0 Å². The predicted octanol–water partition coefficient (Wildman–Crippen LogP) is 9.21. The van der Waals surface area contributed by atoms with Crippen LogP contribution in [-0.2, 0) is 0 Å². The number of hydrogen-bond donors (Lipinski definition) is 0. The highest BCUT2D eigenvalue weighted by Crippen LogP contribution is 2.45. The molecule has 4 aromatic carbocycles. The number of pyridine rings is 4. The van der Waals surface area contributed by atoms with Crippen LogP contribution in [0, 0.1) is 12.1 Å². The Balaban J connectivity index is 1.23. The van der Waals surface area contributed by atoms with Crippen LogP contribution in [0.4, 0.5) is 11.4 Å². The van der Waals surface area contributed by atoms with E-state index in [-0.39, 0.29) is 0 Å². The van der Waals surface area contributed by atoms with E-state index in [1.807, 2.05) is 61.1 Å². The van der Waals surface area contributed by atoms with Gasteiger partial charge in [-0.1, -0.05) is 36.4 Å². The third kappa shape index (κ3) is 3.48. The van der Waals surface area contributed by atoms with Crippen LogP contribution in [0.15, 0.2) is 128 Å². The zero-order valence-corrected chi connectivity index (χ0v) is 24.4. The van der Waals surface area contributed by atoms with Crippen molar-refractivity contribution >= 4 is 71.8 Å². The van der Waals surface area contributed by atoms with E-state index in [2.05, 4.69) is 93.5 Å². The van der Waals surface area contributed by atoms with Gasteiger partial charge in [0.2, 0.25) is 0 Å². The maximum atomic E-state index is 4.79. The average molecular weight is 587 g/mol. The highest BCUT2D eigenvalue weighted by molar-refractivity contribution is 6.22. The Kier molecular flexibility index (Phi) is 5.10. The van der Waals surface area contributed by atoms with Crippen molar-refractivity contribution < 1.29 is 0 Å². The van der Waals surface area contributed by atoms with Gasteiger partial charge >= 0.3 is 0 Å². The minimum atomic E-state index is 0.834. The van der Waals surface area contributed by atoms with Crippen molar-refractivity contribution in [3.05, 3.63) is 146 Å². The summed E-state index contributed by atoms with van der Waals surface area (Å²) in [4.78, 5) is 20.8. The van der Waals surface area contributed by atoms with Crippen molar-refractivity contribution in [1.82, 2.24) is 24.5 Å². The van der Waals surface area contributed by atoms with E-state index in [0.717, 1.165) is 72.1 Å². The van der Waals surface area contributed by atoms with Crippen molar-refractivity contribution in [2.45, 2.75) is 0 Å². The molecule has 9 aromatic rings. The Bertz CT molecular complexity index is 2690. The Hall–Kier alpha value is -6.58. The van der Waals surface area contributed by atoms with Crippen molar-refractivity contribution in [2.75, 3.05) is 4.90 Å². The Morgan fingerprint density at radius 2 is 1.43 bits per heavy atom. The fourth-order valence-corrected chi connectivity index (χ4v) is 6.98. The number of hydrogen-bond acceptors (Lipinski definition) is 5. The van der Waals surface area contributed by atoms with Crippen molar-refractivity contribution in [3.63, 3.8) is 0 Å². The average Bonchev–Trinajstić information content (AvgIpc) is 3.46. The standard InChI is InChI=1S/C40H22N6/c1-2-13-33-28(10-1)38-30-17-21-45(27-15-16-32(44-24-27)31-12-3-4-18-41-31)34-14-5-8-25(37(30)34)22-36(38)46(33)35-23-26-9-6-19-42-39(26)40-29(35)11-7-20-43-40/h1-4,6-13,15-24H. The minimum Gasteiger partial charge on any atom is -0.308 e. The second kappa shape index (κ2) is 9.46. The fourth-order valence-electron chi connectivity index (χ4n) is 6.98. The molecule has 1 aliphatic rings. The summed E-state index contributed by atoms with van der Waals surface area (Å²) in [7, 11) is 0. The normalized spacial score (nSPS) is 12.5. The topological polar surface area (TPSA) is 59.7 Å². The first-order valence-corrected chi connectivity index (χ1v) is 15.1. The predicted molar refractivity (Wildman–Crippen MR) is 185 cm³/mol. The molecular weight excluding hydrogens is 564 g/mol. The zero-order valence-electron chi connectivity index (χ0n) is 24.4. The molecular formula is C40H22N6. The summed E-state index contributed by atoms with van der Waals surface area (Å²) in [5.74, 6) is 0. The van der Waals surface area contributed by atoms with Gasteiger partial charge in [-0.25, -0.2) is 0 Å². The second-order valence-corrected chi connectivity index (χ2v) is 11.4. The molecule has 6 heteroatoms. The van der Waals surface area contributed by atoms with Gasteiger partial charge in [0.15, 0.2) is 0 Å². The lowest BCUT2D eigenvalue weighted by molar-refractivity contribution is 1.20. The lowest BCUT2D eigenvalue weighted by Crippen LogP contribution is -2.12. The number of aromatic nitrogens is 5. The number of nitrogens with zero attached hydrogens (tertiary/aromatic N) is 6. The summed E-state index contributed by atoms with van der Waals surface area (Å²) in [6.07, 6.45) is 11.7. The molecule has 0 N–H and O–H groups in total. The second-order valence-electron chi connectivity index (χ2n) is 11.4. The monoisotopic (exact) mass is 586 g/mol. The maximum absolute atomic E-state index is 4.79. The van der Waals surface area contributed by atoms with E-state index in [9.17, 15) is 0 Å². The number of anilines is 2. The molecule has 46 heavy (non-hydrogen) atoms. The third-order valence-electron chi connectivity index (χ3n) is 8.95. The summed E-state index contributed by atoms with van der Waals surface area (Å²) in [5.41, 5.74) is 9.89. The molecule has 0 aliphatic carbocycles. The number of rotatable bonds is 3. The van der Waals surface area contributed by atoms with Crippen molar-refractivity contribution in [1.29, 1.82) is 0 Å². The Morgan fingerprint density at radius 3 is 2.33 bits per heavy atom. The fraction of sp³-hybridized carbons (Fsp3) is 0. The molecule has 0 saturated carbocycles. The van der Waals surface area contributed by atoms with Gasteiger partial charge < -0.3 is 9.47 Å². The van der Waals surface area contributed by atoms with E-state index < -0.39 is 0 Å². The first kappa shape index (κ1) is 24.8. The summed E-state index contributed by atoms with van der Waals surface area (Å²) >= 11 is 0. The Labute approximate surface area is 263 Å². The van der Waals surface area contributed by atoms with E-state index in [1.54, 1.807) is 6.20 Å². The molecule has 0 unspecified atom stereocenters. The number of fused-ring (bicyclic) bond motifs is 7. The molecule has 0 atom stereocenters.